The van der Waals surface area contributed by atoms with Crippen LogP contribution in [0, 0.1) is 0 Å². The van der Waals surface area contributed by atoms with Gasteiger partial charge in [0.2, 0.25) is 0 Å². The summed E-state index contributed by atoms with van der Waals surface area (Å²) in [4.78, 5) is 0. The molecule has 86 valence electrons. The molecule has 0 aliphatic carbocycles. The van der Waals surface area contributed by atoms with Crippen molar-refractivity contribution in [3.63, 3.8) is 0 Å². The van der Waals surface area contributed by atoms with E-state index in [9.17, 15) is 0 Å². The highest BCUT2D eigenvalue weighted by molar-refractivity contribution is 4.63. The van der Waals surface area contributed by atoms with Crippen LogP contribution in [0.1, 0.15) is 13.3 Å². The minimum absolute atomic E-state index is 0.493. The first-order chi connectivity index (χ1) is 6.81. The molecule has 0 saturated heterocycles. The van der Waals surface area contributed by atoms with Gasteiger partial charge in [0.15, 0.2) is 0 Å². The van der Waals surface area contributed by atoms with E-state index >= 15 is 0 Å². The lowest BCUT2D eigenvalue weighted by Gasteiger charge is -2.14. The van der Waals surface area contributed by atoms with Crippen LogP contribution in [0.15, 0.2) is 0 Å². The largest absolute Gasteiger partial charge is 0.385 e. The third-order valence-electron chi connectivity index (χ3n) is 1.95. The molecule has 2 N–H and O–H groups in total. The van der Waals surface area contributed by atoms with Crippen LogP contribution in [-0.4, -0.2) is 53.1 Å². The Morgan fingerprint density at radius 3 is 2.43 bits per heavy atom. The van der Waals surface area contributed by atoms with Crippen LogP contribution >= 0.6 is 0 Å². The second-order valence-electron chi connectivity index (χ2n) is 3.40. The molecule has 14 heavy (non-hydrogen) atoms. The molecule has 0 heterocycles. The molecule has 1 atom stereocenters. The summed E-state index contributed by atoms with van der Waals surface area (Å²) in [5, 5.41) is 6.72. The Kier molecular flexibility index (Phi) is 10.8. The Hall–Kier alpha value is -0.160. The van der Waals surface area contributed by atoms with E-state index in [1.54, 1.807) is 14.2 Å². The summed E-state index contributed by atoms with van der Waals surface area (Å²) >= 11 is 0. The predicted octanol–water partition coefficient (Wildman–Crippen LogP) is 0.237. The molecule has 4 heteroatoms. The van der Waals surface area contributed by atoms with E-state index in [4.69, 9.17) is 9.47 Å². The van der Waals surface area contributed by atoms with Gasteiger partial charge in [0.05, 0.1) is 6.61 Å². The first-order valence-electron chi connectivity index (χ1n) is 5.23. The maximum atomic E-state index is 4.96. The smallest absolute Gasteiger partial charge is 0.0587 e. The van der Waals surface area contributed by atoms with E-state index in [1.807, 2.05) is 0 Å². The lowest BCUT2D eigenvalue weighted by Crippen LogP contribution is -2.38. The Bertz CT molecular complexity index is 112. The molecule has 0 fully saturated rings. The van der Waals surface area contributed by atoms with Crippen molar-refractivity contribution in [2.45, 2.75) is 19.4 Å². The molecule has 0 aliphatic heterocycles. The highest BCUT2D eigenvalue weighted by Crippen LogP contribution is 1.81. The molecule has 0 amide bonds. The van der Waals surface area contributed by atoms with Crippen molar-refractivity contribution in [1.82, 2.24) is 10.6 Å². The molecule has 0 rings (SSSR count). The van der Waals surface area contributed by atoms with Gasteiger partial charge < -0.3 is 20.1 Å². The number of methoxy groups -OCH3 is 2. The molecule has 0 saturated carbocycles. The first-order valence-corrected chi connectivity index (χ1v) is 5.23. The van der Waals surface area contributed by atoms with Crippen LogP contribution < -0.4 is 10.6 Å². The van der Waals surface area contributed by atoms with E-state index in [2.05, 4.69) is 17.6 Å². The van der Waals surface area contributed by atoms with E-state index in [-0.39, 0.29) is 0 Å². The van der Waals surface area contributed by atoms with Crippen LogP contribution in [0.3, 0.4) is 0 Å². The van der Waals surface area contributed by atoms with Crippen LogP contribution in [0.5, 0.6) is 0 Å². The summed E-state index contributed by atoms with van der Waals surface area (Å²) < 4.78 is 9.91. The van der Waals surface area contributed by atoms with Crippen LogP contribution in [0.4, 0.5) is 0 Å². The third-order valence-corrected chi connectivity index (χ3v) is 1.95. The normalized spacial score (nSPS) is 13.1. The summed E-state index contributed by atoms with van der Waals surface area (Å²) in [5.74, 6) is 0. The zero-order valence-electron chi connectivity index (χ0n) is 9.64. The fourth-order valence-corrected chi connectivity index (χ4v) is 1.14. The van der Waals surface area contributed by atoms with E-state index in [0.717, 1.165) is 39.3 Å². The van der Waals surface area contributed by atoms with Crippen molar-refractivity contribution in [3.8, 4) is 0 Å². The van der Waals surface area contributed by atoms with E-state index in [1.165, 1.54) is 0 Å². The molecule has 1 unspecified atom stereocenters. The Balaban J connectivity index is 3.06. The molecular weight excluding hydrogens is 180 g/mol. The van der Waals surface area contributed by atoms with Gasteiger partial charge in [0.1, 0.15) is 0 Å². The van der Waals surface area contributed by atoms with Crippen molar-refractivity contribution in [3.05, 3.63) is 0 Å². The average molecular weight is 204 g/mol. The Morgan fingerprint density at radius 2 is 1.79 bits per heavy atom. The maximum Gasteiger partial charge on any atom is 0.0587 e. The second kappa shape index (κ2) is 10.9. The Morgan fingerprint density at radius 1 is 1.07 bits per heavy atom. The number of hydrogen-bond acceptors (Lipinski definition) is 4. The lowest BCUT2D eigenvalue weighted by molar-refractivity contribution is 0.192. The highest BCUT2D eigenvalue weighted by Gasteiger charge is 1.98. The zero-order valence-corrected chi connectivity index (χ0v) is 9.64. The molecule has 0 aliphatic rings. The van der Waals surface area contributed by atoms with Crippen molar-refractivity contribution in [2.24, 2.45) is 0 Å². The van der Waals surface area contributed by atoms with Gasteiger partial charge >= 0.3 is 0 Å². The molecule has 4 nitrogen and oxygen atoms in total. The molecule has 0 aromatic heterocycles. The average Bonchev–Trinajstić information content (AvgIpc) is 2.18. The van der Waals surface area contributed by atoms with Gasteiger partial charge in [-0.2, -0.15) is 0 Å². The van der Waals surface area contributed by atoms with Crippen molar-refractivity contribution < 1.29 is 9.47 Å². The predicted molar refractivity (Wildman–Crippen MR) is 58.7 cm³/mol. The zero-order chi connectivity index (χ0) is 10.6. The van der Waals surface area contributed by atoms with Gasteiger partial charge in [-0.25, -0.2) is 0 Å². The fraction of sp³-hybridized carbons (Fsp3) is 1.00. The quantitative estimate of drug-likeness (QED) is 0.500. The van der Waals surface area contributed by atoms with Gasteiger partial charge in [0.25, 0.3) is 0 Å². The number of ether oxygens (including phenoxy) is 2. The highest BCUT2D eigenvalue weighted by atomic mass is 16.5. The van der Waals surface area contributed by atoms with Crippen molar-refractivity contribution in [1.29, 1.82) is 0 Å². The van der Waals surface area contributed by atoms with Crippen LogP contribution in [0.2, 0.25) is 0 Å². The van der Waals surface area contributed by atoms with E-state index in [0.29, 0.717) is 6.04 Å². The van der Waals surface area contributed by atoms with Gasteiger partial charge in [0, 0.05) is 40.0 Å². The summed E-state index contributed by atoms with van der Waals surface area (Å²) in [7, 11) is 3.45. The summed E-state index contributed by atoms with van der Waals surface area (Å²) in [6, 6.07) is 0.493. The number of nitrogens with one attached hydrogen (secondary N) is 2. The van der Waals surface area contributed by atoms with Crippen LogP contribution in [-0.2, 0) is 9.47 Å². The van der Waals surface area contributed by atoms with Gasteiger partial charge in [-0.3, -0.25) is 0 Å². The van der Waals surface area contributed by atoms with Crippen molar-refractivity contribution in [2.75, 3.05) is 47.1 Å². The molecule has 0 spiro atoms. The summed E-state index contributed by atoms with van der Waals surface area (Å²) in [6.07, 6.45) is 1.07. The number of rotatable bonds is 10. The minimum atomic E-state index is 0.493. The standard InChI is InChI=1S/C10H24N2O2/c1-10(12-6-8-14-3)9-11-5-4-7-13-2/h10-12H,4-9H2,1-3H3. The fourth-order valence-electron chi connectivity index (χ4n) is 1.14. The minimum Gasteiger partial charge on any atom is -0.385 e. The third kappa shape index (κ3) is 9.92. The number of hydrogen-bond donors (Lipinski definition) is 2. The van der Waals surface area contributed by atoms with E-state index < -0.39 is 0 Å². The summed E-state index contributed by atoms with van der Waals surface area (Å²) in [6.45, 7) is 6.69. The SMILES string of the molecule is COCCCNCC(C)NCCOC. The molecule has 0 bridgehead atoms. The van der Waals surface area contributed by atoms with Gasteiger partial charge in [-0.15, -0.1) is 0 Å². The molecule has 0 aromatic carbocycles. The topological polar surface area (TPSA) is 42.5 Å². The molecule has 0 radical (unpaired) electrons. The molecule has 0 aromatic rings. The monoisotopic (exact) mass is 204 g/mol. The first kappa shape index (κ1) is 13.8. The maximum absolute atomic E-state index is 4.96. The van der Waals surface area contributed by atoms with Gasteiger partial charge in [-0.05, 0) is 19.9 Å². The lowest BCUT2D eigenvalue weighted by atomic mass is 10.3. The second-order valence-corrected chi connectivity index (χ2v) is 3.40. The Labute approximate surface area is 87.4 Å². The van der Waals surface area contributed by atoms with Gasteiger partial charge in [-0.1, -0.05) is 0 Å². The molecular formula is C10H24N2O2. The summed E-state index contributed by atoms with van der Waals surface area (Å²) in [5.41, 5.74) is 0. The van der Waals surface area contributed by atoms with Crippen LogP contribution in [0.25, 0.3) is 0 Å². The van der Waals surface area contributed by atoms with Crippen molar-refractivity contribution >= 4 is 0 Å².